The summed E-state index contributed by atoms with van der Waals surface area (Å²) in [6.07, 6.45) is 2.07. The van der Waals surface area contributed by atoms with Gasteiger partial charge in [-0.15, -0.1) is 0 Å². The van der Waals surface area contributed by atoms with E-state index in [0.717, 1.165) is 25.7 Å². The van der Waals surface area contributed by atoms with E-state index in [0.29, 0.717) is 13.1 Å². The van der Waals surface area contributed by atoms with E-state index >= 15 is 0 Å². The van der Waals surface area contributed by atoms with Gasteiger partial charge in [0.05, 0.1) is 6.33 Å². The molecule has 3 N–H and O–H groups in total. The molecule has 15 nitrogen and oxygen atoms in total. The van der Waals surface area contributed by atoms with Gasteiger partial charge < -0.3 is 29.6 Å². The van der Waals surface area contributed by atoms with Crippen LogP contribution in [-0.4, -0.2) is 81.8 Å². The summed E-state index contributed by atoms with van der Waals surface area (Å²) >= 11 is 0. The van der Waals surface area contributed by atoms with Gasteiger partial charge in [0.1, 0.15) is 25.5 Å². The fourth-order valence-corrected chi connectivity index (χ4v) is 3.73. The van der Waals surface area contributed by atoms with Crippen LogP contribution in [0.5, 0.6) is 0 Å². The van der Waals surface area contributed by atoms with Gasteiger partial charge in [-0.05, 0) is 19.8 Å². The number of esters is 3. The lowest BCUT2D eigenvalue weighted by atomic mass is 10.2. The van der Waals surface area contributed by atoms with Gasteiger partial charge in [-0.2, -0.15) is 4.98 Å². The quantitative estimate of drug-likeness (QED) is 0.141. The molecule has 0 fully saturated rings. The first-order chi connectivity index (χ1) is 19.0. The highest BCUT2D eigenvalue weighted by atomic mass is 16.6. The monoisotopic (exact) mass is 566 g/mol. The molecule has 2 aromatic rings. The zero-order valence-electron chi connectivity index (χ0n) is 23.5. The third-order valence-corrected chi connectivity index (χ3v) is 5.60. The zero-order valence-corrected chi connectivity index (χ0v) is 23.5. The van der Waals surface area contributed by atoms with Crippen molar-refractivity contribution in [2.24, 2.45) is 0 Å². The molecule has 15 heteroatoms. The highest BCUT2D eigenvalue weighted by molar-refractivity contribution is 5.72. The number of H-pyrrole nitrogens is 1. The number of anilines is 1. The van der Waals surface area contributed by atoms with Crippen LogP contribution in [-0.2, 0) is 38.1 Å². The molecule has 2 aromatic heterocycles. The lowest BCUT2D eigenvalue weighted by Crippen LogP contribution is -2.42. The zero-order chi connectivity index (χ0) is 29.7. The van der Waals surface area contributed by atoms with E-state index in [-0.39, 0.29) is 36.2 Å². The topological polar surface area (TPSA) is 193 Å². The molecule has 0 radical (unpaired) electrons. The lowest BCUT2D eigenvalue weighted by Gasteiger charge is -2.29. The summed E-state index contributed by atoms with van der Waals surface area (Å²) in [6.45, 7) is 7.34. The summed E-state index contributed by atoms with van der Waals surface area (Å²) in [6, 6.07) is 0. The van der Waals surface area contributed by atoms with E-state index in [2.05, 4.69) is 25.6 Å². The largest absolute Gasteiger partial charge is 0.463 e. The molecule has 0 aliphatic rings. The van der Waals surface area contributed by atoms with Gasteiger partial charge in [0, 0.05) is 40.8 Å². The van der Waals surface area contributed by atoms with Crippen LogP contribution in [0.15, 0.2) is 11.1 Å². The van der Waals surface area contributed by atoms with Crippen molar-refractivity contribution in [2.45, 2.75) is 78.7 Å². The molecular formula is C25H38N6O9. The molecular weight excluding hydrogens is 528 g/mol. The Morgan fingerprint density at radius 2 is 1.55 bits per heavy atom. The van der Waals surface area contributed by atoms with Gasteiger partial charge in [-0.25, -0.2) is 4.98 Å². The maximum Gasteiger partial charge on any atom is 0.303 e. The van der Waals surface area contributed by atoms with E-state index in [1.165, 1.54) is 38.6 Å². The van der Waals surface area contributed by atoms with E-state index in [4.69, 9.17) is 18.9 Å². The van der Waals surface area contributed by atoms with E-state index < -0.39 is 41.9 Å². The summed E-state index contributed by atoms with van der Waals surface area (Å²) in [5.74, 6) is -1.61. The van der Waals surface area contributed by atoms with Crippen molar-refractivity contribution in [3.05, 3.63) is 16.7 Å². The molecule has 3 atom stereocenters. The van der Waals surface area contributed by atoms with Crippen LogP contribution in [0.25, 0.3) is 11.2 Å². The van der Waals surface area contributed by atoms with Gasteiger partial charge in [-0.3, -0.25) is 33.5 Å². The number of rotatable bonds is 17. The second kappa shape index (κ2) is 16.2. The molecule has 0 saturated heterocycles. The van der Waals surface area contributed by atoms with Crippen LogP contribution in [0, 0.1) is 0 Å². The number of hydrogen-bond donors (Lipinski definition) is 3. The molecule has 2 rings (SSSR count). The van der Waals surface area contributed by atoms with Crippen LogP contribution in [0.1, 0.15) is 66.5 Å². The summed E-state index contributed by atoms with van der Waals surface area (Å²) in [5, 5.41) is 5.86. The molecule has 0 aliphatic carbocycles. The number of amides is 1. The minimum atomic E-state index is -1.08. The number of hydrogen-bond acceptors (Lipinski definition) is 12. The highest BCUT2D eigenvalue weighted by Gasteiger charge is 2.30. The Bertz CT molecular complexity index is 1210. The average Bonchev–Trinajstić information content (AvgIpc) is 3.30. The van der Waals surface area contributed by atoms with Crippen LogP contribution in [0.3, 0.4) is 0 Å². The molecule has 40 heavy (non-hydrogen) atoms. The Kier molecular flexibility index (Phi) is 13.0. The molecule has 0 spiro atoms. The van der Waals surface area contributed by atoms with Gasteiger partial charge >= 0.3 is 17.9 Å². The third kappa shape index (κ3) is 11.0. The number of carbonyl (C=O) groups excluding carboxylic acids is 4. The van der Waals surface area contributed by atoms with Crippen molar-refractivity contribution in [3.63, 3.8) is 0 Å². The molecule has 222 valence electrons. The standard InChI is InChI=1S/C25H38N6O9/c1-15(32)26-10-8-6-7-9-11-27-25-29-23-22(24(36)30-25)28-14-31(23)16(2)39-20(12-37-17(3)33)21(40-19(5)35)13-38-18(4)34/h14,16,20-21H,6-13H2,1-5H3,(H,26,32)(H2,27,29,30,36)/t16?,20?,21-/m1/s1. The smallest absolute Gasteiger partial charge is 0.303 e. The number of carbonyl (C=O) groups is 4. The molecule has 0 bridgehead atoms. The lowest BCUT2D eigenvalue weighted by molar-refractivity contribution is -0.182. The number of nitrogens with zero attached hydrogens (tertiary/aromatic N) is 3. The first-order valence-electron chi connectivity index (χ1n) is 13.0. The summed E-state index contributed by atoms with van der Waals surface area (Å²) in [5.41, 5.74) is -0.117. The summed E-state index contributed by atoms with van der Waals surface area (Å²) < 4.78 is 23.0. The Morgan fingerprint density at radius 3 is 2.15 bits per heavy atom. The van der Waals surface area contributed by atoms with Gasteiger partial charge in [-0.1, -0.05) is 12.8 Å². The van der Waals surface area contributed by atoms with Crippen molar-refractivity contribution >= 4 is 40.9 Å². The third-order valence-electron chi connectivity index (χ3n) is 5.60. The number of imidazole rings is 1. The number of aromatic amines is 1. The highest BCUT2D eigenvalue weighted by Crippen LogP contribution is 2.20. The van der Waals surface area contributed by atoms with E-state index in [9.17, 15) is 24.0 Å². The molecule has 1 amide bonds. The van der Waals surface area contributed by atoms with Crippen LogP contribution in [0.2, 0.25) is 0 Å². The van der Waals surface area contributed by atoms with Crippen molar-refractivity contribution in [3.8, 4) is 0 Å². The Balaban J connectivity index is 2.13. The molecule has 2 heterocycles. The molecule has 2 unspecified atom stereocenters. The normalized spacial score (nSPS) is 13.2. The van der Waals surface area contributed by atoms with Gasteiger partial charge in [0.25, 0.3) is 5.56 Å². The minimum absolute atomic E-state index is 0.0443. The van der Waals surface area contributed by atoms with Crippen molar-refractivity contribution in [1.29, 1.82) is 0 Å². The van der Waals surface area contributed by atoms with Crippen LogP contribution >= 0.6 is 0 Å². The van der Waals surface area contributed by atoms with Crippen molar-refractivity contribution in [1.82, 2.24) is 24.8 Å². The van der Waals surface area contributed by atoms with E-state index in [1.54, 1.807) is 6.92 Å². The molecule has 0 aliphatic heterocycles. The SMILES string of the molecule is CC(=O)NCCCCCCNc1nc2c(ncn2C(C)OC(COC(C)=O)[C@@H](COC(C)=O)OC(C)=O)c(=O)[nH]1. The van der Waals surface area contributed by atoms with Crippen molar-refractivity contribution < 1.29 is 38.1 Å². The number of fused-ring (bicyclic) bond motifs is 1. The second-order valence-corrected chi connectivity index (χ2v) is 9.09. The van der Waals surface area contributed by atoms with Gasteiger partial charge in [0.2, 0.25) is 11.9 Å². The fraction of sp³-hybridized carbons (Fsp3) is 0.640. The second-order valence-electron chi connectivity index (χ2n) is 9.09. The van der Waals surface area contributed by atoms with Crippen molar-refractivity contribution in [2.75, 3.05) is 31.6 Å². The number of aromatic nitrogens is 4. The Labute approximate surface area is 231 Å². The first-order valence-corrected chi connectivity index (χ1v) is 13.0. The Hall–Kier alpha value is -4.01. The summed E-state index contributed by atoms with van der Waals surface area (Å²) in [4.78, 5) is 69.3. The number of nitrogens with one attached hydrogen (secondary N) is 3. The number of ether oxygens (including phenoxy) is 4. The predicted octanol–water partition coefficient (Wildman–Crippen LogP) is 1.19. The maximum absolute atomic E-state index is 12.6. The summed E-state index contributed by atoms with van der Waals surface area (Å²) in [7, 11) is 0. The first kappa shape index (κ1) is 32.2. The van der Waals surface area contributed by atoms with Gasteiger partial charge in [0.15, 0.2) is 17.3 Å². The maximum atomic E-state index is 12.6. The average molecular weight is 567 g/mol. The molecule has 0 aromatic carbocycles. The molecule has 0 saturated carbocycles. The minimum Gasteiger partial charge on any atom is -0.463 e. The predicted molar refractivity (Wildman–Crippen MR) is 142 cm³/mol. The van der Waals surface area contributed by atoms with Crippen LogP contribution < -0.4 is 16.2 Å². The van der Waals surface area contributed by atoms with Crippen LogP contribution in [0.4, 0.5) is 5.95 Å². The fourth-order valence-electron chi connectivity index (χ4n) is 3.73. The van der Waals surface area contributed by atoms with E-state index in [1.807, 2.05) is 0 Å². The Morgan fingerprint density at radius 1 is 0.925 bits per heavy atom. The number of unbranched alkanes of at least 4 members (excludes halogenated alkanes) is 3.